The summed E-state index contributed by atoms with van der Waals surface area (Å²) >= 11 is 0. The van der Waals surface area contributed by atoms with Gasteiger partial charge in [0.15, 0.2) is 5.82 Å². The molecule has 0 aliphatic carbocycles. The molecule has 1 fully saturated rings. The lowest BCUT2D eigenvalue weighted by molar-refractivity contribution is -0.131. The molecule has 190 valence electrons. The molecular formula is C24H33N5O5S. The average molecular weight is 504 g/mol. The molecule has 0 spiro atoms. The molecule has 4 rings (SSSR count). The Labute approximate surface area is 205 Å². The molecule has 2 aromatic heterocycles. The molecule has 35 heavy (non-hydrogen) atoms. The molecule has 0 amide bonds. The van der Waals surface area contributed by atoms with Gasteiger partial charge in [0.05, 0.1) is 16.8 Å². The number of nitrogens with two attached hydrogens (primary N) is 1. The fourth-order valence-corrected chi connectivity index (χ4v) is 6.16. The Kier molecular flexibility index (Phi) is 7.62. The predicted octanol–water partition coefficient (Wildman–Crippen LogP) is 4.34. The summed E-state index contributed by atoms with van der Waals surface area (Å²) in [6.07, 6.45) is 3.61. The van der Waals surface area contributed by atoms with Crippen molar-refractivity contribution in [3.63, 3.8) is 0 Å². The van der Waals surface area contributed by atoms with Crippen LogP contribution in [-0.2, 0) is 22.7 Å². The Morgan fingerprint density at radius 1 is 1.26 bits per heavy atom. The number of anilines is 1. The molecule has 10 nitrogen and oxygen atoms in total. The predicted molar refractivity (Wildman–Crippen MR) is 139 cm³/mol. The fraction of sp³-hybridized carbons (Fsp3) is 0.458. The maximum atomic E-state index is 11.1. The molecule has 11 heteroatoms. The highest BCUT2D eigenvalue weighted by atomic mass is 32.3. The lowest BCUT2D eigenvalue weighted by Crippen LogP contribution is -2.24. The molecule has 1 aliphatic heterocycles. The number of benzene rings is 1. The highest BCUT2D eigenvalue weighted by Gasteiger charge is 2.28. The number of unbranched alkanes of at least 4 members (excludes halogenated alkanes) is 1. The number of aromatic nitrogens is 3. The highest BCUT2D eigenvalue weighted by Crippen LogP contribution is 2.48. The minimum absolute atomic E-state index is 0.312. The number of carboxylic acids is 1. The number of carbonyl (C=O) groups is 1. The molecule has 0 bridgehead atoms. The van der Waals surface area contributed by atoms with Gasteiger partial charge >= 0.3 is 5.97 Å². The molecule has 1 aliphatic rings. The molecule has 3 aromatic rings. The van der Waals surface area contributed by atoms with Gasteiger partial charge < -0.3 is 20.1 Å². The van der Waals surface area contributed by atoms with E-state index in [1.54, 1.807) is 11.2 Å². The lowest BCUT2D eigenvalue weighted by Gasteiger charge is -2.36. The van der Waals surface area contributed by atoms with Crippen LogP contribution >= 0.6 is 10.8 Å². The summed E-state index contributed by atoms with van der Waals surface area (Å²) in [6.45, 7) is 6.61. The molecule has 0 radical (unpaired) electrons. The number of rotatable bonds is 10. The van der Waals surface area contributed by atoms with Gasteiger partial charge in [0.1, 0.15) is 17.9 Å². The van der Waals surface area contributed by atoms with Gasteiger partial charge in [-0.15, -0.1) is 10.8 Å². The SMILES string of the molecule is CCOCc1nc2c(N)nc3cc(/C(C)=C/C(=O)O)ccc3c2n1CCCCN1CCCS1(O)O. The van der Waals surface area contributed by atoms with E-state index in [9.17, 15) is 13.9 Å². The standard InChI is InChI=1S/C24H33N5O5S/c1-3-34-15-20-27-22-23(29(20)11-5-4-9-28-10-6-12-35(28,32)33)18-8-7-17(16(2)13-21(30)31)14-19(18)26-24(22)25/h7-8,13-14,32-33H,3-6,9-12,15H2,1-2H3,(H2,25,26)(H,30,31)/b16-13+. The van der Waals surface area contributed by atoms with E-state index >= 15 is 0 Å². The molecular weight excluding hydrogens is 470 g/mol. The number of nitrogen functional groups attached to an aromatic ring is 1. The lowest BCUT2D eigenvalue weighted by atomic mass is 10.0. The largest absolute Gasteiger partial charge is 0.478 e. The number of imidazole rings is 1. The second-order valence-corrected chi connectivity index (χ2v) is 10.9. The van der Waals surface area contributed by atoms with Crippen molar-refractivity contribution in [1.82, 2.24) is 18.8 Å². The van der Waals surface area contributed by atoms with Crippen molar-refractivity contribution < 1.29 is 23.7 Å². The van der Waals surface area contributed by atoms with Gasteiger partial charge in [-0.1, -0.05) is 12.1 Å². The molecule has 0 unspecified atom stereocenters. The van der Waals surface area contributed by atoms with Crippen molar-refractivity contribution >= 4 is 50.1 Å². The smallest absolute Gasteiger partial charge is 0.328 e. The van der Waals surface area contributed by atoms with E-state index in [1.165, 1.54) is 6.08 Å². The number of nitrogens with zero attached hydrogens (tertiary/aromatic N) is 4. The third-order valence-electron chi connectivity index (χ3n) is 6.29. The van der Waals surface area contributed by atoms with Crippen molar-refractivity contribution in [3.05, 3.63) is 35.7 Å². The average Bonchev–Trinajstić information content (AvgIpc) is 3.34. The minimum atomic E-state index is -2.60. The molecule has 0 saturated carbocycles. The summed E-state index contributed by atoms with van der Waals surface area (Å²) in [5.74, 6) is 0.532. The van der Waals surface area contributed by atoms with Crippen LogP contribution in [0.2, 0.25) is 0 Å². The fourth-order valence-electron chi connectivity index (χ4n) is 4.54. The van der Waals surface area contributed by atoms with Crippen molar-refractivity contribution in [2.24, 2.45) is 0 Å². The molecule has 3 heterocycles. The van der Waals surface area contributed by atoms with Crippen LogP contribution in [0.25, 0.3) is 27.5 Å². The molecule has 0 atom stereocenters. The van der Waals surface area contributed by atoms with Crippen LogP contribution in [0, 0.1) is 0 Å². The molecule has 1 saturated heterocycles. The van der Waals surface area contributed by atoms with Gasteiger partial charge in [0, 0.05) is 37.7 Å². The number of fused-ring (bicyclic) bond motifs is 3. The van der Waals surface area contributed by atoms with E-state index in [4.69, 9.17) is 20.6 Å². The van der Waals surface area contributed by atoms with Gasteiger partial charge in [0.2, 0.25) is 0 Å². The van der Waals surface area contributed by atoms with Gasteiger partial charge in [-0.2, -0.15) is 0 Å². The van der Waals surface area contributed by atoms with Crippen molar-refractivity contribution in [2.75, 3.05) is 31.2 Å². The van der Waals surface area contributed by atoms with Crippen LogP contribution in [-0.4, -0.2) is 64.5 Å². The number of hydrogen-bond donors (Lipinski definition) is 4. The van der Waals surface area contributed by atoms with Crippen LogP contribution in [0.4, 0.5) is 5.82 Å². The van der Waals surface area contributed by atoms with E-state index in [0.29, 0.717) is 54.5 Å². The first-order valence-electron chi connectivity index (χ1n) is 11.8. The number of ether oxygens (including phenoxy) is 1. The maximum Gasteiger partial charge on any atom is 0.328 e. The Morgan fingerprint density at radius 3 is 2.71 bits per heavy atom. The first kappa shape index (κ1) is 25.4. The summed E-state index contributed by atoms with van der Waals surface area (Å²) in [5, 5.41) is 9.97. The van der Waals surface area contributed by atoms with E-state index in [1.807, 2.05) is 25.1 Å². The van der Waals surface area contributed by atoms with E-state index in [0.717, 1.165) is 48.1 Å². The Morgan fingerprint density at radius 2 is 2.03 bits per heavy atom. The van der Waals surface area contributed by atoms with Gasteiger partial charge in [-0.3, -0.25) is 9.11 Å². The second-order valence-electron chi connectivity index (χ2n) is 8.73. The quantitative estimate of drug-likeness (QED) is 0.234. The normalized spacial score (nSPS) is 17.4. The number of allylic oxidation sites excluding steroid dienone is 1. The van der Waals surface area contributed by atoms with Crippen LogP contribution in [0.5, 0.6) is 0 Å². The zero-order valence-electron chi connectivity index (χ0n) is 20.1. The Balaban J connectivity index is 1.68. The van der Waals surface area contributed by atoms with E-state index in [-0.39, 0.29) is 0 Å². The van der Waals surface area contributed by atoms with Crippen LogP contribution in [0.1, 0.15) is 44.5 Å². The summed E-state index contributed by atoms with van der Waals surface area (Å²) in [5.41, 5.74) is 9.85. The third kappa shape index (κ3) is 5.44. The van der Waals surface area contributed by atoms with Gasteiger partial charge in [0.25, 0.3) is 0 Å². The number of carboxylic acid groups (broad SMARTS) is 1. The zero-order valence-corrected chi connectivity index (χ0v) is 20.9. The maximum absolute atomic E-state index is 11.1. The van der Waals surface area contributed by atoms with Crippen LogP contribution < -0.4 is 5.73 Å². The summed E-state index contributed by atoms with van der Waals surface area (Å²) in [7, 11) is -2.60. The molecule has 1 aromatic carbocycles. The zero-order chi connectivity index (χ0) is 25.2. The van der Waals surface area contributed by atoms with Gasteiger partial charge in [-0.25, -0.2) is 19.1 Å². The van der Waals surface area contributed by atoms with Crippen LogP contribution in [0.15, 0.2) is 24.3 Å². The third-order valence-corrected chi connectivity index (χ3v) is 8.32. The number of aliphatic carboxylic acids is 1. The van der Waals surface area contributed by atoms with Crippen molar-refractivity contribution in [1.29, 1.82) is 0 Å². The second kappa shape index (κ2) is 10.5. The van der Waals surface area contributed by atoms with E-state index in [2.05, 4.69) is 9.55 Å². The Bertz CT molecular complexity index is 1270. The Hall–Kier alpha value is -2.70. The van der Waals surface area contributed by atoms with Crippen molar-refractivity contribution in [3.8, 4) is 0 Å². The van der Waals surface area contributed by atoms with Gasteiger partial charge in [-0.05, 0) is 50.3 Å². The summed E-state index contributed by atoms with van der Waals surface area (Å²) in [6, 6.07) is 5.66. The monoisotopic (exact) mass is 503 g/mol. The molecule has 5 N–H and O–H groups in total. The van der Waals surface area contributed by atoms with Crippen molar-refractivity contribution in [2.45, 2.75) is 46.3 Å². The van der Waals surface area contributed by atoms with Crippen LogP contribution in [0.3, 0.4) is 0 Å². The highest BCUT2D eigenvalue weighted by molar-refractivity contribution is 8.22. The van der Waals surface area contributed by atoms with E-state index < -0.39 is 16.7 Å². The first-order chi connectivity index (χ1) is 16.7. The summed E-state index contributed by atoms with van der Waals surface area (Å²) in [4.78, 5) is 20.4. The minimum Gasteiger partial charge on any atom is -0.478 e. The number of aryl methyl sites for hydroxylation is 1. The number of pyridine rings is 1. The topological polar surface area (TPSA) is 147 Å². The number of hydrogen-bond acceptors (Lipinski definition) is 8. The first-order valence-corrected chi connectivity index (χ1v) is 13.5. The summed E-state index contributed by atoms with van der Waals surface area (Å²) < 4.78 is 29.9.